The average molecular weight is 287 g/mol. The van der Waals surface area contributed by atoms with E-state index in [-0.39, 0.29) is 0 Å². The first-order valence-electron chi connectivity index (χ1n) is 7.47. The highest BCUT2D eigenvalue weighted by Gasteiger charge is 2.15. The minimum atomic E-state index is 0.419. The lowest BCUT2D eigenvalue weighted by atomic mass is 9.95. The van der Waals surface area contributed by atoms with Gasteiger partial charge in [-0.25, -0.2) is 0 Å². The molecule has 0 spiro atoms. The van der Waals surface area contributed by atoms with Gasteiger partial charge in [0.25, 0.3) is 0 Å². The zero-order valence-electron chi connectivity index (χ0n) is 12.9. The smallest absolute Gasteiger partial charge is 0.0346 e. The highest BCUT2D eigenvalue weighted by Crippen LogP contribution is 2.24. The van der Waals surface area contributed by atoms with Crippen LogP contribution in [0, 0.1) is 12.8 Å². The van der Waals surface area contributed by atoms with Crippen LogP contribution in [-0.2, 0) is 13.0 Å². The van der Waals surface area contributed by atoms with Crippen molar-refractivity contribution in [3.05, 3.63) is 57.3 Å². The summed E-state index contributed by atoms with van der Waals surface area (Å²) in [5.41, 5.74) is 4.20. The molecule has 0 radical (unpaired) electrons. The molecule has 2 rings (SSSR count). The van der Waals surface area contributed by atoms with Crippen LogP contribution in [0.5, 0.6) is 0 Å². The topological polar surface area (TPSA) is 12.0 Å². The molecule has 0 aliphatic carbocycles. The Hall–Kier alpha value is -1.12. The standard InChI is InChI=1S/C18H25NS/c1-5-15-6-8-16(9-7-15)18(13(2)3)19-12-17-14(4)10-11-20-17/h6-11,13,18-19H,5,12H2,1-4H3. The van der Waals surface area contributed by atoms with Gasteiger partial charge in [0, 0.05) is 17.5 Å². The van der Waals surface area contributed by atoms with Crippen LogP contribution >= 0.6 is 11.3 Å². The molecule has 0 amide bonds. The average Bonchev–Trinajstić information content (AvgIpc) is 2.85. The number of aryl methyl sites for hydroxylation is 2. The van der Waals surface area contributed by atoms with Crippen LogP contribution in [0.1, 0.15) is 48.4 Å². The minimum Gasteiger partial charge on any atom is -0.305 e. The Labute approximate surface area is 127 Å². The third kappa shape index (κ3) is 3.71. The van der Waals surface area contributed by atoms with Crippen molar-refractivity contribution >= 4 is 11.3 Å². The monoisotopic (exact) mass is 287 g/mol. The van der Waals surface area contributed by atoms with Crippen molar-refractivity contribution in [2.75, 3.05) is 0 Å². The molecular formula is C18H25NS. The fourth-order valence-corrected chi connectivity index (χ4v) is 3.34. The van der Waals surface area contributed by atoms with Crippen LogP contribution in [0.4, 0.5) is 0 Å². The van der Waals surface area contributed by atoms with Gasteiger partial charge in [0.1, 0.15) is 0 Å². The molecule has 1 unspecified atom stereocenters. The lowest BCUT2D eigenvalue weighted by Gasteiger charge is -2.23. The Bertz CT molecular complexity index is 525. The normalized spacial score (nSPS) is 12.8. The Morgan fingerprint density at radius 2 is 1.80 bits per heavy atom. The van der Waals surface area contributed by atoms with E-state index in [2.05, 4.69) is 68.7 Å². The summed E-state index contributed by atoms with van der Waals surface area (Å²) in [6, 6.07) is 11.7. The predicted molar refractivity (Wildman–Crippen MR) is 89.3 cm³/mol. The lowest BCUT2D eigenvalue weighted by molar-refractivity contribution is 0.412. The first kappa shape index (κ1) is 15.3. The second kappa shape index (κ2) is 7.05. The number of hydrogen-bond acceptors (Lipinski definition) is 2. The molecule has 108 valence electrons. The van der Waals surface area contributed by atoms with Crippen LogP contribution in [0.2, 0.25) is 0 Å². The maximum atomic E-state index is 3.73. The van der Waals surface area contributed by atoms with E-state index in [1.807, 2.05) is 11.3 Å². The van der Waals surface area contributed by atoms with Crippen molar-refractivity contribution in [2.24, 2.45) is 5.92 Å². The maximum Gasteiger partial charge on any atom is 0.0346 e. The van der Waals surface area contributed by atoms with Gasteiger partial charge in [-0.05, 0) is 47.4 Å². The number of rotatable bonds is 6. The van der Waals surface area contributed by atoms with Gasteiger partial charge >= 0.3 is 0 Å². The third-order valence-corrected chi connectivity index (χ3v) is 4.89. The maximum absolute atomic E-state index is 3.73. The van der Waals surface area contributed by atoms with Crippen molar-refractivity contribution in [1.82, 2.24) is 5.32 Å². The second-order valence-electron chi connectivity index (χ2n) is 5.72. The summed E-state index contributed by atoms with van der Waals surface area (Å²) in [5, 5.41) is 5.90. The Morgan fingerprint density at radius 3 is 2.30 bits per heavy atom. The summed E-state index contributed by atoms with van der Waals surface area (Å²) in [4.78, 5) is 1.45. The van der Waals surface area contributed by atoms with Gasteiger partial charge in [-0.3, -0.25) is 0 Å². The van der Waals surface area contributed by atoms with E-state index >= 15 is 0 Å². The van der Waals surface area contributed by atoms with Crippen molar-refractivity contribution in [1.29, 1.82) is 0 Å². The van der Waals surface area contributed by atoms with E-state index < -0.39 is 0 Å². The quantitative estimate of drug-likeness (QED) is 0.779. The van der Waals surface area contributed by atoms with Crippen LogP contribution in [0.15, 0.2) is 35.7 Å². The Kier molecular flexibility index (Phi) is 5.38. The van der Waals surface area contributed by atoms with Gasteiger partial charge in [-0.15, -0.1) is 11.3 Å². The molecule has 20 heavy (non-hydrogen) atoms. The van der Waals surface area contributed by atoms with E-state index in [9.17, 15) is 0 Å². The largest absolute Gasteiger partial charge is 0.305 e. The van der Waals surface area contributed by atoms with Crippen molar-refractivity contribution < 1.29 is 0 Å². The molecule has 2 heteroatoms. The third-order valence-electron chi connectivity index (χ3n) is 3.86. The van der Waals surface area contributed by atoms with Gasteiger partial charge in [0.15, 0.2) is 0 Å². The van der Waals surface area contributed by atoms with Gasteiger partial charge in [-0.2, -0.15) is 0 Å². The Morgan fingerprint density at radius 1 is 1.10 bits per heavy atom. The molecule has 1 atom stereocenters. The first-order chi connectivity index (χ1) is 9.61. The summed E-state index contributed by atoms with van der Waals surface area (Å²) in [7, 11) is 0. The molecule has 1 nitrogen and oxygen atoms in total. The molecule has 2 aromatic rings. The number of benzene rings is 1. The second-order valence-corrected chi connectivity index (χ2v) is 6.73. The van der Waals surface area contributed by atoms with Crippen LogP contribution in [0.3, 0.4) is 0 Å². The van der Waals surface area contributed by atoms with Gasteiger partial charge < -0.3 is 5.32 Å². The molecule has 1 heterocycles. The van der Waals surface area contributed by atoms with E-state index in [0.717, 1.165) is 13.0 Å². The fourth-order valence-electron chi connectivity index (χ4n) is 2.49. The highest BCUT2D eigenvalue weighted by molar-refractivity contribution is 7.10. The molecule has 0 aliphatic heterocycles. The van der Waals surface area contributed by atoms with E-state index in [1.165, 1.54) is 21.6 Å². The number of nitrogens with one attached hydrogen (secondary N) is 1. The molecule has 0 aliphatic rings. The molecule has 0 saturated carbocycles. The minimum absolute atomic E-state index is 0.419. The summed E-state index contributed by atoms with van der Waals surface area (Å²) in [6.07, 6.45) is 1.11. The van der Waals surface area contributed by atoms with Crippen LogP contribution < -0.4 is 5.32 Å². The fraction of sp³-hybridized carbons (Fsp3) is 0.444. The molecule has 0 saturated heterocycles. The summed E-state index contributed by atoms with van der Waals surface area (Å²) in [6.45, 7) is 9.92. The van der Waals surface area contributed by atoms with Crippen molar-refractivity contribution in [2.45, 2.75) is 46.7 Å². The van der Waals surface area contributed by atoms with Gasteiger partial charge in [0.05, 0.1) is 0 Å². The lowest BCUT2D eigenvalue weighted by Crippen LogP contribution is -2.25. The zero-order chi connectivity index (χ0) is 14.5. The molecule has 1 N–H and O–H groups in total. The van der Waals surface area contributed by atoms with Crippen molar-refractivity contribution in [3.8, 4) is 0 Å². The number of hydrogen-bond donors (Lipinski definition) is 1. The predicted octanol–water partition coefficient (Wildman–Crippen LogP) is 5.11. The SMILES string of the molecule is CCc1ccc(C(NCc2sccc2C)C(C)C)cc1. The Balaban J connectivity index is 2.08. The van der Waals surface area contributed by atoms with E-state index in [0.29, 0.717) is 12.0 Å². The zero-order valence-corrected chi connectivity index (χ0v) is 13.8. The van der Waals surface area contributed by atoms with Crippen LogP contribution in [0.25, 0.3) is 0 Å². The molecule has 1 aromatic heterocycles. The highest BCUT2D eigenvalue weighted by atomic mass is 32.1. The summed E-state index contributed by atoms with van der Waals surface area (Å²) in [5.74, 6) is 0.586. The van der Waals surface area contributed by atoms with Crippen LogP contribution in [-0.4, -0.2) is 0 Å². The summed E-state index contributed by atoms with van der Waals surface area (Å²) < 4.78 is 0. The first-order valence-corrected chi connectivity index (χ1v) is 8.35. The van der Waals surface area contributed by atoms with Gasteiger partial charge in [0.2, 0.25) is 0 Å². The number of thiophene rings is 1. The molecule has 1 aromatic carbocycles. The van der Waals surface area contributed by atoms with E-state index in [4.69, 9.17) is 0 Å². The van der Waals surface area contributed by atoms with Gasteiger partial charge in [-0.1, -0.05) is 45.0 Å². The van der Waals surface area contributed by atoms with Crippen molar-refractivity contribution in [3.63, 3.8) is 0 Å². The summed E-state index contributed by atoms with van der Waals surface area (Å²) >= 11 is 1.84. The van der Waals surface area contributed by atoms with E-state index in [1.54, 1.807) is 0 Å². The molecular weight excluding hydrogens is 262 g/mol. The molecule has 0 bridgehead atoms. The molecule has 0 fully saturated rings.